The highest BCUT2D eigenvalue weighted by Gasteiger charge is 2.18. The van der Waals surface area contributed by atoms with Crippen molar-refractivity contribution in [2.45, 2.75) is 18.5 Å². The summed E-state index contributed by atoms with van der Waals surface area (Å²) >= 11 is 0. The molecule has 0 spiro atoms. The molecule has 0 saturated carbocycles. The summed E-state index contributed by atoms with van der Waals surface area (Å²) in [4.78, 5) is 10.7. The minimum Gasteiger partial charge on any atom is -0.493 e. The first kappa shape index (κ1) is 14.3. The number of hydrogen-bond acceptors (Lipinski definition) is 5. The lowest BCUT2D eigenvalue weighted by atomic mass is 10.00. The van der Waals surface area contributed by atoms with Gasteiger partial charge in [-0.25, -0.2) is 0 Å². The van der Waals surface area contributed by atoms with Crippen molar-refractivity contribution in [2.75, 3.05) is 14.2 Å². The third-order valence-corrected chi connectivity index (χ3v) is 2.66. The molecule has 100 valence electrons. The minimum absolute atomic E-state index is 0.158. The fourth-order valence-electron chi connectivity index (χ4n) is 1.59. The second-order valence-corrected chi connectivity index (χ2v) is 3.90. The first-order valence-electron chi connectivity index (χ1n) is 5.45. The van der Waals surface area contributed by atoms with Crippen molar-refractivity contribution in [1.29, 1.82) is 0 Å². The van der Waals surface area contributed by atoms with Gasteiger partial charge >= 0.3 is 5.97 Å². The summed E-state index contributed by atoms with van der Waals surface area (Å²) in [6, 6.07) is 3.77. The predicted molar refractivity (Wildman–Crippen MR) is 66.7 cm³/mol. The molecule has 0 aliphatic heterocycles. The van der Waals surface area contributed by atoms with E-state index in [4.69, 9.17) is 26.0 Å². The molecule has 0 amide bonds. The fraction of sp³-hybridized carbons (Fsp3) is 0.417. The summed E-state index contributed by atoms with van der Waals surface area (Å²) < 4.78 is 10.3. The number of carboxylic acid groups (broad SMARTS) is 1. The molecule has 1 aromatic carbocycles. The summed E-state index contributed by atoms with van der Waals surface area (Å²) in [5.41, 5.74) is 12.1. The fourth-order valence-corrected chi connectivity index (χ4v) is 1.59. The molecule has 1 rings (SSSR count). The Balaban J connectivity index is 2.86. The molecule has 0 aliphatic carbocycles. The van der Waals surface area contributed by atoms with Crippen LogP contribution < -0.4 is 20.9 Å². The molecule has 0 radical (unpaired) electrons. The van der Waals surface area contributed by atoms with Crippen LogP contribution in [0.2, 0.25) is 0 Å². The quantitative estimate of drug-likeness (QED) is 0.682. The van der Waals surface area contributed by atoms with Crippen LogP contribution in [0.15, 0.2) is 18.2 Å². The van der Waals surface area contributed by atoms with Crippen molar-refractivity contribution in [2.24, 2.45) is 11.5 Å². The zero-order valence-corrected chi connectivity index (χ0v) is 10.4. The Morgan fingerprint density at radius 2 is 1.89 bits per heavy atom. The highest BCUT2D eigenvalue weighted by molar-refractivity contribution is 5.73. The van der Waals surface area contributed by atoms with Crippen LogP contribution in [-0.2, 0) is 4.79 Å². The maximum atomic E-state index is 10.7. The number of benzene rings is 1. The van der Waals surface area contributed by atoms with Crippen molar-refractivity contribution in [1.82, 2.24) is 0 Å². The number of hydrogen-bond donors (Lipinski definition) is 3. The second kappa shape index (κ2) is 6.23. The van der Waals surface area contributed by atoms with Gasteiger partial charge in [-0.05, 0) is 24.1 Å². The van der Waals surface area contributed by atoms with Crippen molar-refractivity contribution in [3.05, 3.63) is 23.8 Å². The van der Waals surface area contributed by atoms with E-state index in [1.165, 1.54) is 14.2 Å². The van der Waals surface area contributed by atoms with Crippen LogP contribution in [0.4, 0.5) is 0 Å². The summed E-state index contributed by atoms with van der Waals surface area (Å²) in [5, 5.41) is 8.74. The largest absolute Gasteiger partial charge is 0.493 e. The molecule has 0 aromatic heterocycles. The lowest BCUT2D eigenvalue weighted by Crippen LogP contribution is -2.33. The van der Waals surface area contributed by atoms with E-state index in [9.17, 15) is 4.79 Å². The molecular weight excluding hydrogens is 236 g/mol. The SMILES string of the molecule is COc1ccc([C@H](N)C[C@H](N)C(=O)O)cc1OC. The number of nitrogens with two attached hydrogens (primary N) is 2. The predicted octanol–water partition coefficient (Wildman–Crippen LogP) is 0.506. The molecular formula is C12H18N2O4. The van der Waals surface area contributed by atoms with Gasteiger partial charge in [0.15, 0.2) is 11.5 Å². The zero-order chi connectivity index (χ0) is 13.7. The van der Waals surface area contributed by atoms with E-state index in [1.54, 1.807) is 18.2 Å². The molecule has 0 heterocycles. The number of aliphatic carboxylic acids is 1. The van der Waals surface area contributed by atoms with Crippen molar-refractivity contribution in [3.8, 4) is 11.5 Å². The van der Waals surface area contributed by atoms with E-state index >= 15 is 0 Å². The standard InChI is InChI=1S/C12H18N2O4/c1-17-10-4-3-7(5-11(10)18-2)8(13)6-9(14)12(15)16/h3-5,8-9H,6,13-14H2,1-2H3,(H,15,16)/t8-,9+/m1/s1. The number of carbonyl (C=O) groups is 1. The van der Waals surface area contributed by atoms with Crippen molar-refractivity contribution in [3.63, 3.8) is 0 Å². The van der Waals surface area contributed by atoms with Crippen LogP contribution in [-0.4, -0.2) is 31.3 Å². The Hall–Kier alpha value is -1.79. The first-order valence-corrected chi connectivity index (χ1v) is 5.45. The van der Waals surface area contributed by atoms with Gasteiger partial charge in [-0.3, -0.25) is 4.79 Å². The molecule has 0 bridgehead atoms. The van der Waals surface area contributed by atoms with Gasteiger partial charge in [-0.2, -0.15) is 0 Å². The van der Waals surface area contributed by atoms with Crippen molar-refractivity contribution < 1.29 is 19.4 Å². The Labute approximate surface area is 105 Å². The molecule has 1 aromatic rings. The number of carboxylic acids is 1. The summed E-state index contributed by atoms with van der Waals surface area (Å²) in [7, 11) is 3.06. The van der Waals surface area contributed by atoms with E-state index in [0.29, 0.717) is 11.5 Å². The van der Waals surface area contributed by atoms with Gasteiger partial charge in [0.05, 0.1) is 14.2 Å². The van der Waals surface area contributed by atoms with Crippen LogP contribution in [0.5, 0.6) is 11.5 Å². The molecule has 0 unspecified atom stereocenters. The van der Waals surface area contributed by atoms with E-state index in [2.05, 4.69) is 0 Å². The average molecular weight is 254 g/mol. The number of rotatable bonds is 6. The molecule has 0 fully saturated rings. The zero-order valence-electron chi connectivity index (χ0n) is 10.4. The van der Waals surface area contributed by atoms with Crippen LogP contribution in [0.25, 0.3) is 0 Å². The Bertz CT molecular complexity index is 423. The highest BCUT2D eigenvalue weighted by atomic mass is 16.5. The van der Waals surface area contributed by atoms with E-state index < -0.39 is 18.1 Å². The Morgan fingerprint density at radius 1 is 1.28 bits per heavy atom. The van der Waals surface area contributed by atoms with Crippen LogP contribution in [0.1, 0.15) is 18.0 Å². The minimum atomic E-state index is -1.06. The summed E-state index contributed by atoms with van der Waals surface area (Å²) in [6.45, 7) is 0. The maximum Gasteiger partial charge on any atom is 0.320 e. The summed E-state index contributed by atoms with van der Waals surface area (Å²) in [6.07, 6.45) is 0.158. The molecule has 0 saturated heterocycles. The van der Waals surface area contributed by atoms with Crippen LogP contribution in [0, 0.1) is 0 Å². The Kier molecular flexibility index (Phi) is 4.94. The number of methoxy groups -OCH3 is 2. The second-order valence-electron chi connectivity index (χ2n) is 3.90. The van der Waals surface area contributed by atoms with Gasteiger partial charge in [-0.1, -0.05) is 6.07 Å². The van der Waals surface area contributed by atoms with Gasteiger partial charge < -0.3 is 26.0 Å². The molecule has 6 nitrogen and oxygen atoms in total. The molecule has 2 atom stereocenters. The normalized spacial score (nSPS) is 13.8. The van der Waals surface area contributed by atoms with E-state index in [1.807, 2.05) is 0 Å². The highest BCUT2D eigenvalue weighted by Crippen LogP contribution is 2.30. The van der Waals surface area contributed by atoms with Gasteiger partial charge in [0.2, 0.25) is 0 Å². The number of ether oxygens (including phenoxy) is 2. The third kappa shape index (κ3) is 3.35. The maximum absolute atomic E-state index is 10.7. The smallest absolute Gasteiger partial charge is 0.320 e. The molecule has 5 N–H and O–H groups in total. The molecule has 18 heavy (non-hydrogen) atoms. The topological polar surface area (TPSA) is 108 Å². The van der Waals surface area contributed by atoms with Gasteiger partial charge in [-0.15, -0.1) is 0 Å². The lowest BCUT2D eigenvalue weighted by molar-refractivity contribution is -0.138. The van der Waals surface area contributed by atoms with Gasteiger partial charge in [0.25, 0.3) is 0 Å². The monoisotopic (exact) mass is 254 g/mol. The lowest BCUT2D eigenvalue weighted by Gasteiger charge is -2.16. The van der Waals surface area contributed by atoms with Crippen LogP contribution in [0.3, 0.4) is 0 Å². The van der Waals surface area contributed by atoms with E-state index in [-0.39, 0.29) is 6.42 Å². The first-order chi connectivity index (χ1) is 8.49. The molecule has 6 heteroatoms. The third-order valence-electron chi connectivity index (χ3n) is 2.66. The van der Waals surface area contributed by atoms with Gasteiger partial charge in [0.1, 0.15) is 6.04 Å². The summed E-state index contributed by atoms with van der Waals surface area (Å²) in [5.74, 6) is 0.0799. The van der Waals surface area contributed by atoms with Crippen LogP contribution >= 0.6 is 0 Å². The van der Waals surface area contributed by atoms with Crippen molar-refractivity contribution >= 4 is 5.97 Å². The Morgan fingerprint density at radius 3 is 2.39 bits per heavy atom. The molecule has 0 aliphatic rings. The van der Waals surface area contributed by atoms with Gasteiger partial charge in [0, 0.05) is 6.04 Å². The van der Waals surface area contributed by atoms with E-state index in [0.717, 1.165) is 5.56 Å². The average Bonchev–Trinajstić information content (AvgIpc) is 2.37.